The zero-order valence-electron chi connectivity index (χ0n) is 23.0. The van der Waals surface area contributed by atoms with Gasteiger partial charge in [0.25, 0.3) is 11.8 Å². The molecular formula is C30H29ClN6O5S. The Balaban J connectivity index is 1.67. The lowest BCUT2D eigenvalue weighted by molar-refractivity contribution is -0.119. The molecule has 11 nitrogen and oxygen atoms in total. The minimum atomic E-state index is -3.94. The third kappa shape index (κ3) is 7.11. The number of hydrogen-bond acceptors (Lipinski definition) is 8. The number of nitrogens with one attached hydrogen (secondary N) is 3. The summed E-state index contributed by atoms with van der Waals surface area (Å²) < 4.78 is 32.5. The molecule has 0 spiro atoms. The van der Waals surface area contributed by atoms with Gasteiger partial charge < -0.3 is 26.8 Å². The van der Waals surface area contributed by atoms with Crippen LogP contribution in [0, 0.1) is 5.41 Å². The molecule has 0 aliphatic carbocycles. The molecular weight excluding hydrogens is 592 g/mol. The first-order valence-corrected chi connectivity index (χ1v) is 15.1. The summed E-state index contributed by atoms with van der Waals surface area (Å²) in [7, 11) is -3.94. The number of nitrogens with two attached hydrogens (primary N) is 2. The topological polar surface area (TPSA) is 190 Å². The number of ether oxygens (including phenoxy) is 1. The maximum absolute atomic E-state index is 13.5. The molecule has 0 fully saturated rings. The van der Waals surface area contributed by atoms with Crippen molar-refractivity contribution in [3.63, 3.8) is 0 Å². The molecule has 1 aromatic heterocycles. The standard InChI is InChI=1S/C30H29ClN6O5S/c1-43(40,41)30(22-7-3-2-4-8-22,26-9-5-6-12-35-26)37-24-14-21(13-23(31)16-24)29(39)36-17-20-11-10-19(28(33)34)15-25(20)42-18-27(32)38/h2-16,37H,17-18H2,1H3,(H2,32,38)(H3,33,34)(H,36,39). The van der Waals surface area contributed by atoms with E-state index in [9.17, 15) is 18.0 Å². The number of amidine groups is 1. The summed E-state index contributed by atoms with van der Waals surface area (Å²) in [6, 6.07) is 22.6. The lowest BCUT2D eigenvalue weighted by atomic mass is 10.0. The minimum Gasteiger partial charge on any atom is -0.483 e. The molecule has 3 aromatic carbocycles. The summed E-state index contributed by atoms with van der Waals surface area (Å²) in [5, 5.41) is 13.7. The van der Waals surface area contributed by atoms with Crippen molar-refractivity contribution in [2.75, 3.05) is 18.2 Å². The first-order valence-electron chi connectivity index (χ1n) is 12.8. The number of nitrogen functional groups attached to an aromatic ring is 1. The van der Waals surface area contributed by atoms with E-state index >= 15 is 0 Å². The molecule has 13 heteroatoms. The van der Waals surface area contributed by atoms with Crippen molar-refractivity contribution in [3.05, 3.63) is 124 Å². The molecule has 0 radical (unpaired) electrons. The Morgan fingerprint density at radius 1 is 0.977 bits per heavy atom. The molecule has 1 heterocycles. The Hall–Kier alpha value is -4.94. The van der Waals surface area contributed by atoms with E-state index in [1.54, 1.807) is 60.7 Å². The highest BCUT2D eigenvalue weighted by Gasteiger charge is 2.46. The number of rotatable bonds is 12. The van der Waals surface area contributed by atoms with Crippen LogP contribution in [0.2, 0.25) is 5.02 Å². The Bertz CT molecular complexity index is 1730. The van der Waals surface area contributed by atoms with E-state index in [0.717, 1.165) is 6.26 Å². The molecule has 0 saturated carbocycles. The quantitative estimate of drug-likeness (QED) is 0.118. The Kier molecular flexibility index (Phi) is 9.32. The van der Waals surface area contributed by atoms with Gasteiger partial charge in [-0.25, -0.2) is 8.42 Å². The highest BCUT2D eigenvalue weighted by molar-refractivity contribution is 7.92. The average molecular weight is 621 g/mol. The zero-order valence-corrected chi connectivity index (χ0v) is 24.6. The highest BCUT2D eigenvalue weighted by Crippen LogP contribution is 2.38. The van der Waals surface area contributed by atoms with E-state index in [-0.39, 0.29) is 40.1 Å². The van der Waals surface area contributed by atoms with Crippen LogP contribution in [0.3, 0.4) is 0 Å². The monoisotopic (exact) mass is 620 g/mol. The van der Waals surface area contributed by atoms with Crippen LogP contribution < -0.4 is 26.8 Å². The molecule has 4 aromatic rings. The van der Waals surface area contributed by atoms with E-state index in [1.807, 2.05) is 0 Å². The molecule has 1 unspecified atom stereocenters. The molecule has 1 atom stereocenters. The molecule has 0 aliphatic heterocycles. The van der Waals surface area contributed by atoms with E-state index < -0.39 is 33.1 Å². The summed E-state index contributed by atoms with van der Waals surface area (Å²) in [4.78, 5) is 27.1. The average Bonchev–Trinajstić information content (AvgIpc) is 2.97. The SMILES string of the molecule is CS(=O)(=O)C(Nc1cc(Cl)cc(C(=O)NCc2ccc(C(=N)N)cc2OCC(N)=O)c1)(c1ccccc1)c1ccccn1. The fraction of sp³-hybridized carbons (Fsp3) is 0.133. The van der Waals surface area contributed by atoms with Gasteiger partial charge in [-0.05, 0) is 42.0 Å². The van der Waals surface area contributed by atoms with Crippen LogP contribution in [0.5, 0.6) is 5.75 Å². The van der Waals surface area contributed by atoms with Gasteiger partial charge in [-0.15, -0.1) is 0 Å². The maximum Gasteiger partial charge on any atom is 0.255 e. The number of anilines is 1. The molecule has 7 N–H and O–H groups in total. The van der Waals surface area contributed by atoms with Gasteiger partial charge in [0.1, 0.15) is 11.6 Å². The third-order valence-electron chi connectivity index (χ3n) is 6.43. The summed E-state index contributed by atoms with van der Waals surface area (Å²) in [6.07, 6.45) is 2.61. The molecule has 2 amide bonds. The Morgan fingerprint density at radius 3 is 2.33 bits per heavy atom. The number of carbonyl (C=O) groups is 2. The summed E-state index contributed by atoms with van der Waals surface area (Å²) in [6.45, 7) is -0.434. The van der Waals surface area contributed by atoms with Crippen molar-refractivity contribution in [3.8, 4) is 5.75 Å². The smallest absolute Gasteiger partial charge is 0.255 e. The predicted octanol–water partition coefficient (Wildman–Crippen LogP) is 3.17. The largest absolute Gasteiger partial charge is 0.483 e. The number of hydrogen-bond donors (Lipinski definition) is 5. The van der Waals surface area contributed by atoms with Crippen molar-refractivity contribution in [1.82, 2.24) is 10.3 Å². The first-order chi connectivity index (χ1) is 20.4. The summed E-state index contributed by atoms with van der Waals surface area (Å²) >= 11 is 6.41. The second-order valence-electron chi connectivity index (χ2n) is 9.56. The number of carbonyl (C=O) groups excluding carboxylic acids is 2. The molecule has 222 valence electrons. The van der Waals surface area contributed by atoms with E-state index in [0.29, 0.717) is 16.7 Å². The fourth-order valence-electron chi connectivity index (χ4n) is 4.45. The van der Waals surface area contributed by atoms with Crippen LogP contribution in [0.4, 0.5) is 5.69 Å². The van der Waals surface area contributed by atoms with Crippen molar-refractivity contribution in [2.24, 2.45) is 11.5 Å². The molecule has 43 heavy (non-hydrogen) atoms. The highest BCUT2D eigenvalue weighted by atomic mass is 35.5. The predicted molar refractivity (Wildman–Crippen MR) is 165 cm³/mol. The van der Waals surface area contributed by atoms with Crippen molar-refractivity contribution in [1.29, 1.82) is 5.41 Å². The number of amides is 2. The van der Waals surface area contributed by atoms with Crippen molar-refractivity contribution in [2.45, 2.75) is 11.4 Å². The number of pyridine rings is 1. The number of aromatic nitrogens is 1. The van der Waals surface area contributed by atoms with Crippen LogP contribution in [0.15, 0.2) is 91.1 Å². The number of primary amides is 1. The van der Waals surface area contributed by atoms with Gasteiger partial charge in [-0.1, -0.05) is 60.1 Å². The second kappa shape index (κ2) is 12.9. The van der Waals surface area contributed by atoms with E-state index in [1.165, 1.54) is 30.5 Å². The van der Waals surface area contributed by atoms with Gasteiger partial charge in [0.05, 0.1) is 5.69 Å². The number of nitrogens with zero attached hydrogens (tertiary/aromatic N) is 1. The summed E-state index contributed by atoms with van der Waals surface area (Å²) in [5.74, 6) is -1.21. The van der Waals surface area contributed by atoms with Gasteiger partial charge in [0.15, 0.2) is 16.4 Å². The summed E-state index contributed by atoms with van der Waals surface area (Å²) in [5.41, 5.74) is 12.7. The third-order valence-corrected chi connectivity index (χ3v) is 8.31. The van der Waals surface area contributed by atoms with Gasteiger partial charge in [-0.3, -0.25) is 20.0 Å². The fourth-order valence-corrected chi connectivity index (χ4v) is 6.05. The van der Waals surface area contributed by atoms with Crippen molar-refractivity contribution < 1.29 is 22.7 Å². The van der Waals surface area contributed by atoms with E-state index in [4.69, 9.17) is 33.2 Å². The normalized spacial score (nSPS) is 12.5. The molecule has 4 rings (SSSR count). The number of benzene rings is 3. The van der Waals surface area contributed by atoms with Crippen molar-refractivity contribution >= 4 is 44.8 Å². The maximum atomic E-state index is 13.5. The van der Waals surface area contributed by atoms with Crippen LogP contribution in [0.25, 0.3) is 0 Å². The molecule has 0 bridgehead atoms. The first kappa shape index (κ1) is 31.0. The lowest BCUT2D eigenvalue weighted by Crippen LogP contribution is -2.44. The molecule has 0 saturated heterocycles. The van der Waals surface area contributed by atoms with Crippen LogP contribution >= 0.6 is 11.6 Å². The second-order valence-corrected chi connectivity index (χ2v) is 12.2. The lowest BCUT2D eigenvalue weighted by Gasteiger charge is -2.34. The van der Waals surface area contributed by atoms with Crippen LogP contribution in [-0.4, -0.2) is 43.9 Å². The van der Waals surface area contributed by atoms with Gasteiger partial charge in [0.2, 0.25) is 4.87 Å². The minimum absolute atomic E-state index is 0.0222. The Labute approximate surface area is 253 Å². The number of sulfone groups is 1. The number of halogens is 1. The Morgan fingerprint density at radius 2 is 1.70 bits per heavy atom. The van der Waals surface area contributed by atoms with Crippen LogP contribution in [-0.2, 0) is 26.0 Å². The van der Waals surface area contributed by atoms with E-state index in [2.05, 4.69) is 15.6 Å². The molecule has 0 aliphatic rings. The van der Waals surface area contributed by atoms with Crippen LogP contribution in [0.1, 0.15) is 32.7 Å². The zero-order chi connectivity index (χ0) is 31.2. The van der Waals surface area contributed by atoms with Gasteiger partial charge >= 0.3 is 0 Å². The van der Waals surface area contributed by atoms with Gasteiger partial charge in [0, 0.05) is 46.4 Å². The van der Waals surface area contributed by atoms with Gasteiger partial charge in [-0.2, -0.15) is 0 Å².